The largest absolute Gasteiger partial charge is 0.384 e. The summed E-state index contributed by atoms with van der Waals surface area (Å²) in [5.41, 5.74) is 1.50. The number of methoxy groups -OCH3 is 1. The van der Waals surface area contributed by atoms with Gasteiger partial charge in [0.25, 0.3) is 10.0 Å². The van der Waals surface area contributed by atoms with Gasteiger partial charge in [0.05, 0.1) is 6.61 Å². The van der Waals surface area contributed by atoms with Crippen LogP contribution in [0.5, 0.6) is 0 Å². The van der Waals surface area contributed by atoms with E-state index in [4.69, 9.17) is 4.74 Å². The van der Waals surface area contributed by atoms with E-state index in [2.05, 4.69) is 15.5 Å². The SMILES string of the molecule is CNCc1c(S(=O)(=O)N2CCCC(COC)C2)n[nH]c1C. The molecule has 1 aromatic rings. The molecule has 0 aromatic carbocycles. The van der Waals surface area contributed by atoms with Crippen LogP contribution in [0.25, 0.3) is 0 Å². The van der Waals surface area contributed by atoms with Gasteiger partial charge in [0.2, 0.25) is 0 Å². The molecule has 0 amide bonds. The quantitative estimate of drug-likeness (QED) is 0.797. The third-order valence-electron chi connectivity index (χ3n) is 3.86. The number of hydrogen-bond donors (Lipinski definition) is 2. The number of piperidine rings is 1. The standard InChI is InChI=1S/C13H24N4O3S/c1-10-12(7-14-2)13(16-15-10)21(18,19)17-6-4-5-11(8-17)9-20-3/h11,14H,4-9H2,1-3H3,(H,15,16). The summed E-state index contributed by atoms with van der Waals surface area (Å²) in [5, 5.41) is 9.95. The Morgan fingerprint density at radius 1 is 1.52 bits per heavy atom. The van der Waals surface area contributed by atoms with Gasteiger partial charge in [-0.3, -0.25) is 5.10 Å². The van der Waals surface area contributed by atoms with Crippen molar-refractivity contribution in [1.82, 2.24) is 19.8 Å². The molecule has 0 aliphatic carbocycles. The fourth-order valence-electron chi connectivity index (χ4n) is 2.77. The molecule has 7 nitrogen and oxygen atoms in total. The number of aromatic amines is 1. The molecule has 120 valence electrons. The van der Waals surface area contributed by atoms with Crippen LogP contribution in [0.15, 0.2) is 5.03 Å². The van der Waals surface area contributed by atoms with Crippen molar-refractivity contribution in [1.29, 1.82) is 0 Å². The van der Waals surface area contributed by atoms with Crippen molar-refractivity contribution >= 4 is 10.0 Å². The lowest BCUT2D eigenvalue weighted by molar-refractivity contribution is 0.118. The summed E-state index contributed by atoms with van der Waals surface area (Å²) in [5.74, 6) is 0.256. The lowest BCUT2D eigenvalue weighted by Crippen LogP contribution is -2.41. The number of rotatable bonds is 6. The molecule has 2 heterocycles. The van der Waals surface area contributed by atoms with Gasteiger partial charge in [-0.1, -0.05) is 0 Å². The Balaban J connectivity index is 2.25. The van der Waals surface area contributed by atoms with E-state index in [1.807, 2.05) is 6.92 Å². The third-order valence-corrected chi connectivity index (χ3v) is 5.70. The van der Waals surface area contributed by atoms with Crippen LogP contribution in [0.2, 0.25) is 0 Å². The van der Waals surface area contributed by atoms with Crippen LogP contribution in [0.1, 0.15) is 24.1 Å². The summed E-state index contributed by atoms with van der Waals surface area (Å²) in [6.07, 6.45) is 1.86. The van der Waals surface area contributed by atoms with Crippen LogP contribution in [-0.2, 0) is 21.3 Å². The third kappa shape index (κ3) is 3.45. The zero-order chi connectivity index (χ0) is 15.5. The monoisotopic (exact) mass is 316 g/mol. The van der Waals surface area contributed by atoms with Crippen LogP contribution in [0, 0.1) is 12.8 Å². The first kappa shape index (κ1) is 16.4. The molecule has 0 bridgehead atoms. The molecule has 2 rings (SSSR count). The molecule has 1 saturated heterocycles. The van der Waals surface area contributed by atoms with Crippen molar-refractivity contribution < 1.29 is 13.2 Å². The average Bonchev–Trinajstić information content (AvgIpc) is 2.82. The van der Waals surface area contributed by atoms with E-state index in [1.165, 1.54) is 4.31 Å². The zero-order valence-corrected chi connectivity index (χ0v) is 13.7. The number of aromatic nitrogens is 2. The number of nitrogens with one attached hydrogen (secondary N) is 2. The highest BCUT2D eigenvalue weighted by Gasteiger charge is 2.33. The number of ether oxygens (including phenoxy) is 1. The molecule has 21 heavy (non-hydrogen) atoms. The molecule has 1 fully saturated rings. The van der Waals surface area contributed by atoms with Crippen molar-refractivity contribution in [3.63, 3.8) is 0 Å². The minimum absolute atomic E-state index is 0.146. The summed E-state index contributed by atoms with van der Waals surface area (Å²) in [7, 11) is -0.111. The van der Waals surface area contributed by atoms with Gasteiger partial charge in [0, 0.05) is 38.0 Å². The van der Waals surface area contributed by atoms with Gasteiger partial charge in [-0.15, -0.1) is 0 Å². The summed E-state index contributed by atoms with van der Waals surface area (Å²) in [6, 6.07) is 0. The molecule has 1 unspecified atom stereocenters. The fourth-order valence-corrected chi connectivity index (χ4v) is 4.49. The maximum atomic E-state index is 12.8. The number of H-pyrrole nitrogens is 1. The normalized spacial score (nSPS) is 20.8. The number of aryl methyl sites for hydroxylation is 1. The van der Waals surface area contributed by atoms with Crippen molar-refractivity contribution in [3.05, 3.63) is 11.3 Å². The van der Waals surface area contributed by atoms with Crippen molar-refractivity contribution in [2.24, 2.45) is 5.92 Å². The Bertz CT molecular complexity index is 568. The smallest absolute Gasteiger partial charge is 0.262 e. The molecule has 1 atom stereocenters. The predicted octanol–water partition coefficient (Wildman–Crippen LogP) is 0.485. The van der Waals surface area contributed by atoms with Gasteiger partial charge in [-0.2, -0.15) is 9.40 Å². The Kier molecular flexibility index (Phi) is 5.37. The first-order valence-electron chi connectivity index (χ1n) is 7.18. The summed E-state index contributed by atoms with van der Waals surface area (Å²) in [6.45, 7) is 3.96. The predicted molar refractivity (Wildman–Crippen MR) is 79.4 cm³/mol. The highest BCUT2D eigenvalue weighted by Crippen LogP contribution is 2.25. The van der Waals surface area contributed by atoms with Gasteiger partial charge in [-0.25, -0.2) is 8.42 Å². The molecule has 1 aliphatic heterocycles. The molecule has 0 saturated carbocycles. The van der Waals surface area contributed by atoms with Crippen molar-refractivity contribution in [2.45, 2.75) is 31.3 Å². The van der Waals surface area contributed by atoms with E-state index in [1.54, 1.807) is 14.2 Å². The Morgan fingerprint density at radius 3 is 2.95 bits per heavy atom. The van der Waals surface area contributed by atoms with Crippen LogP contribution >= 0.6 is 0 Å². The van der Waals surface area contributed by atoms with Crippen LogP contribution in [0.3, 0.4) is 0 Å². The first-order valence-corrected chi connectivity index (χ1v) is 8.62. The van der Waals surface area contributed by atoms with Crippen molar-refractivity contribution in [3.8, 4) is 0 Å². The minimum atomic E-state index is -3.55. The minimum Gasteiger partial charge on any atom is -0.384 e. The summed E-state index contributed by atoms with van der Waals surface area (Å²) < 4.78 is 32.3. The topological polar surface area (TPSA) is 87.3 Å². The second-order valence-electron chi connectivity index (χ2n) is 5.49. The molecule has 0 radical (unpaired) electrons. The maximum absolute atomic E-state index is 12.8. The van der Waals surface area contributed by atoms with Gasteiger partial charge >= 0.3 is 0 Å². The van der Waals surface area contributed by atoms with Crippen LogP contribution in [0.4, 0.5) is 0 Å². The highest BCUT2D eigenvalue weighted by atomic mass is 32.2. The average molecular weight is 316 g/mol. The van der Waals surface area contributed by atoms with Crippen LogP contribution < -0.4 is 5.32 Å². The van der Waals surface area contributed by atoms with Gasteiger partial charge in [0.15, 0.2) is 5.03 Å². The van der Waals surface area contributed by atoms with Crippen LogP contribution in [-0.4, -0.2) is 56.8 Å². The molecule has 2 N–H and O–H groups in total. The second kappa shape index (κ2) is 6.87. The Morgan fingerprint density at radius 2 is 2.29 bits per heavy atom. The van der Waals surface area contributed by atoms with E-state index in [-0.39, 0.29) is 10.9 Å². The van der Waals surface area contributed by atoms with E-state index in [0.29, 0.717) is 31.8 Å². The van der Waals surface area contributed by atoms with E-state index in [9.17, 15) is 8.42 Å². The number of nitrogens with zero attached hydrogens (tertiary/aromatic N) is 2. The molecular formula is C13H24N4O3S. The van der Waals surface area contributed by atoms with Crippen molar-refractivity contribution in [2.75, 3.05) is 33.9 Å². The Labute approximate surface area is 126 Å². The van der Waals surface area contributed by atoms with E-state index < -0.39 is 10.0 Å². The van der Waals surface area contributed by atoms with Gasteiger partial charge < -0.3 is 10.1 Å². The molecular weight excluding hydrogens is 292 g/mol. The van der Waals surface area contributed by atoms with Gasteiger partial charge in [-0.05, 0) is 32.7 Å². The zero-order valence-electron chi connectivity index (χ0n) is 12.8. The molecule has 1 aliphatic rings. The lowest BCUT2D eigenvalue weighted by atomic mass is 10.0. The highest BCUT2D eigenvalue weighted by molar-refractivity contribution is 7.89. The van der Waals surface area contributed by atoms with Gasteiger partial charge in [0.1, 0.15) is 0 Å². The fraction of sp³-hybridized carbons (Fsp3) is 0.769. The van der Waals surface area contributed by atoms with E-state index >= 15 is 0 Å². The maximum Gasteiger partial charge on any atom is 0.262 e. The number of sulfonamides is 1. The molecule has 0 spiro atoms. The summed E-state index contributed by atoms with van der Waals surface area (Å²) >= 11 is 0. The van der Waals surface area contributed by atoms with E-state index in [0.717, 1.165) is 18.5 Å². The molecule has 8 heteroatoms. The first-order chi connectivity index (χ1) is 10.0. The summed E-state index contributed by atoms with van der Waals surface area (Å²) in [4.78, 5) is 0. The lowest BCUT2D eigenvalue weighted by Gasteiger charge is -2.31. The Hall–Kier alpha value is -0.960. The second-order valence-corrected chi connectivity index (χ2v) is 7.34. The number of hydrogen-bond acceptors (Lipinski definition) is 5. The molecule has 1 aromatic heterocycles.